The van der Waals surface area contributed by atoms with Crippen molar-refractivity contribution in [2.75, 3.05) is 6.61 Å². The van der Waals surface area contributed by atoms with Gasteiger partial charge < -0.3 is 14.3 Å². The topological polar surface area (TPSA) is 101 Å². The van der Waals surface area contributed by atoms with E-state index in [-0.39, 0.29) is 5.76 Å². The lowest BCUT2D eigenvalue weighted by Crippen LogP contribution is -1.94. The molecule has 0 fully saturated rings. The zero-order valence-corrected chi connectivity index (χ0v) is 13.7. The first kappa shape index (κ1) is 16.1. The van der Waals surface area contributed by atoms with Crippen molar-refractivity contribution < 1.29 is 19.1 Å². The number of benzene rings is 1. The van der Waals surface area contributed by atoms with Crippen molar-refractivity contribution in [1.82, 2.24) is 15.2 Å². The SMILES string of the molecule is CCOc1ccccc1-c1nc(SCc2ccc(C(=O)O)o2)n[nH]1. The minimum atomic E-state index is -1.08. The summed E-state index contributed by atoms with van der Waals surface area (Å²) in [5.41, 5.74) is 0.838. The number of thioether (sulfide) groups is 1. The van der Waals surface area contributed by atoms with Gasteiger partial charge in [0.25, 0.3) is 0 Å². The molecular formula is C16H15N3O4S. The van der Waals surface area contributed by atoms with Crippen LogP contribution in [0, 0.1) is 0 Å². The highest BCUT2D eigenvalue weighted by atomic mass is 32.2. The third-order valence-electron chi connectivity index (χ3n) is 3.12. The number of hydrogen-bond donors (Lipinski definition) is 2. The van der Waals surface area contributed by atoms with Gasteiger partial charge in [-0.2, -0.15) is 0 Å². The van der Waals surface area contributed by atoms with Gasteiger partial charge in [-0.1, -0.05) is 23.9 Å². The van der Waals surface area contributed by atoms with Crippen LogP contribution in [0.2, 0.25) is 0 Å². The second kappa shape index (κ2) is 7.22. The highest BCUT2D eigenvalue weighted by Crippen LogP contribution is 2.29. The van der Waals surface area contributed by atoms with E-state index < -0.39 is 5.97 Å². The molecule has 2 heterocycles. The quantitative estimate of drug-likeness (QED) is 0.632. The van der Waals surface area contributed by atoms with Crippen molar-refractivity contribution >= 4 is 17.7 Å². The summed E-state index contributed by atoms with van der Waals surface area (Å²) in [7, 11) is 0. The Morgan fingerprint density at radius 2 is 2.17 bits per heavy atom. The van der Waals surface area contributed by atoms with Crippen LogP contribution in [0.15, 0.2) is 46.0 Å². The van der Waals surface area contributed by atoms with Crippen molar-refractivity contribution in [1.29, 1.82) is 0 Å². The van der Waals surface area contributed by atoms with Crippen molar-refractivity contribution in [2.24, 2.45) is 0 Å². The van der Waals surface area contributed by atoms with E-state index >= 15 is 0 Å². The zero-order valence-electron chi connectivity index (χ0n) is 12.9. The Morgan fingerprint density at radius 1 is 1.33 bits per heavy atom. The van der Waals surface area contributed by atoms with Gasteiger partial charge in [0.2, 0.25) is 10.9 Å². The summed E-state index contributed by atoms with van der Waals surface area (Å²) >= 11 is 1.35. The van der Waals surface area contributed by atoms with Crippen molar-refractivity contribution in [3.05, 3.63) is 47.9 Å². The molecule has 0 atom stereocenters. The third kappa shape index (κ3) is 3.60. The predicted molar refractivity (Wildman–Crippen MR) is 88.2 cm³/mol. The molecule has 2 N–H and O–H groups in total. The molecular weight excluding hydrogens is 330 g/mol. The van der Waals surface area contributed by atoms with Crippen LogP contribution in [0.4, 0.5) is 0 Å². The number of furan rings is 1. The molecule has 3 rings (SSSR count). The first-order valence-electron chi connectivity index (χ1n) is 7.26. The Hall–Kier alpha value is -2.74. The van der Waals surface area contributed by atoms with Crippen LogP contribution in [-0.4, -0.2) is 32.9 Å². The Morgan fingerprint density at radius 3 is 2.92 bits per heavy atom. The van der Waals surface area contributed by atoms with Crippen molar-refractivity contribution in [2.45, 2.75) is 17.8 Å². The fourth-order valence-corrected chi connectivity index (χ4v) is 2.77. The van der Waals surface area contributed by atoms with E-state index in [0.29, 0.717) is 29.1 Å². The van der Waals surface area contributed by atoms with E-state index in [1.54, 1.807) is 6.07 Å². The molecule has 0 saturated carbocycles. The van der Waals surface area contributed by atoms with Crippen LogP contribution in [0.25, 0.3) is 11.4 Å². The van der Waals surface area contributed by atoms with E-state index in [1.165, 1.54) is 17.8 Å². The van der Waals surface area contributed by atoms with Gasteiger partial charge in [0, 0.05) is 0 Å². The summed E-state index contributed by atoms with van der Waals surface area (Å²) in [5, 5.41) is 16.4. The Labute approximate surface area is 142 Å². The first-order chi connectivity index (χ1) is 11.7. The normalized spacial score (nSPS) is 10.7. The molecule has 1 aromatic carbocycles. The van der Waals surface area contributed by atoms with Gasteiger partial charge in [0.15, 0.2) is 5.82 Å². The van der Waals surface area contributed by atoms with E-state index in [2.05, 4.69) is 15.2 Å². The smallest absolute Gasteiger partial charge is 0.371 e. The van der Waals surface area contributed by atoms with Gasteiger partial charge in [-0.3, -0.25) is 5.10 Å². The molecule has 0 aliphatic carbocycles. The number of carboxylic acids is 1. The molecule has 0 unspecified atom stereocenters. The first-order valence-corrected chi connectivity index (χ1v) is 8.25. The molecule has 0 aliphatic heterocycles. The lowest BCUT2D eigenvalue weighted by Gasteiger charge is -2.06. The predicted octanol–water partition coefficient (Wildman–Crippen LogP) is 3.45. The number of aromatic nitrogens is 3. The number of ether oxygens (including phenoxy) is 1. The van der Waals surface area contributed by atoms with Crippen molar-refractivity contribution in [3.63, 3.8) is 0 Å². The van der Waals surface area contributed by atoms with Crippen LogP contribution in [-0.2, 0) is 5.75 Å². The number of nitrogens with zero attached hydrogens (tertiary/aromatic N) is 2. The molecule has 0 saturated heterocycles. The van der Waals surface area contributed by atoms with E-state index in [4.69, 9.17) is 14.3 Å². The van der Waals surface area contributed by atoms with Crippen molar-refractivity contribution in [3.8, 4) is 17.1 Å². The lowest BCUT2D eigenvalue weighted by molar-refractivity contribution is 0.0661. The standard InChI is InChI=1S/C16H15N3O4S/c1-2-22-12-6-4-3-5-11(12)14-17-16(19-18-14)24-9-10-7-8-13(23-10)15(20)21/h3-8H,2,9H2,1H3,(H,20,21)(H,17,18,19). The molecule has 0 radical (unpaired) electrons. The molecule has 0 bridgehead atoms. The highest BCUT2D eigenvalue weighted by molar-refractivity contribution is 7.98. The molecule has 3 aromatic rings. The number of H-pyrrole nitrogens is 1. The third-order valence-corrected chi connectivity index (χ3v) is 3.99. The maximum absolute atomic E-state index is 10.8. The van der Waals surface area contributed by atoms with Crippen LogP contribution < -0.4 is 4.74 Å². The molecule has 124 valence electrons. The van der Waals surface area contributed by atoms with Crippen LogP contribution in [0.5, 0.6) is 5.75 Å². The summed E-state index contributed by atoms with van der Waals surface area (Å²) in [5.74, 6) is 1.19. The molecule has 24 heavy (non-hydrogen) atoms. The Kier molecular flexibility index (Phi) is 4.85. The largest absolute Gasteiger partial charge is 0.493 e. The number of hydrogen-bond acceptors (Lipinski definition) is 6. The molecule has 2 aromatic heterocycles. The number of rotatable bonds is 7. The van der Waals surface area contributed by atoms with E-state index in [0.717, 1.165) is 11.3 Å². The number of carboxylic acid groups (broad SMARTS) is 1. The summed E-state index contributed by atoms with van der Waals surface area (Å²) in [6.07, 6.45) is 0. The average Bonchev–Trinajstić information content (AvgIpc) is 3.23. The number of carbonyl (C=O) groups is 1. The van der Waals surface area contributed by atoms with Gasteiger partial charge in [-0.15, -0.1) is 5.10 Å². The van der Waals surface area contributed by atoms with Crippen LogP contribution in [0.1, 0.15) is 23.2 Å². The van der Waals surface area contributed by atoms with Gasteiger partial charge in [-0.25, -0.2) is 9.78 Å². The molecule has 8 heteroatoms. The van der Waals surface area contributed by atoms with Crippen LogP contribution in [0.3, 0.4) is 0 Å². The summed E-state index contributed by atoms with van der Waals surface area (Å²) in [4.78, 5) is 15.2. The van der Waals surface area contributed by atoms with E-state index in [1.807, 2.05) is 31.2 Å². The van der Waals surface area contributed by atoms with Gasteiger partial charge >= 0.3 is 5.97 Å². The van der Waals surface area contributed by atoms with Gasteiger partial charge in [0.05, 0.1) is 17.9 Å². The summed E-state index contributed by atoms with van der Waals surface area (Å²) in [6.45, 7) is 2.49. The zero-order chi connectivity index (χ0) is 16.9. The average molecular weight is 345 g/mol. The monoisotopic (exact) mass is 345 g/mol. The molecule has 7 nitrogen and oxygen atoms in total. The fraction of sp³-hybridized carbons (Fsp3) is 0.188. The summed E-state index contributed by atoms with van der Waals surface area (Å²) < 4.78 is 10.8. The number of para-hydroxylation sites is 1. The van der Waals surface area contributed by atoms with E-state index in [9.17, 15) is 4.79 Å². The summed E-state index contributed by atoms with van der Waals surface area (Å²) in [6, 6.07) is 10.7. The Balaban J connectivity index is 1.70. The minimum absolute atomic E-state index is 0.0769. The lowest BCUT2D eigenvalue weighted by atomic mass is 10.2. The molecule has 0 aliphatic rings. The second-order valence-corrected chi connectivity index (χ2v) is 5.70. The van der Waals surface area contributed by atoms with Gasteiger partial charge in [0.1, 0.15) is 11.5 Å². The minimum Gasteiger partial charge on any atom is -0.493 e. The second-order valence-electron chi connectivity index (χ2n) is 4.76. The Bertz CT molecular complexity index is 843. The number of aromatic carboxylic acids is 1. The number of nitrogens with one attached hydrogen (secondary N) is 1. The maximum atomic E-state index is 10.8. The van der Waals surface area contributed by atoms with Crippen LogP contribution >= 0.6 is 11.8 Å². The number of aromatic amines is 1. The highest BCUT2D eigenvalue weighted by Gasteiger charge is 2.13. The molecule has 0 spiro atoms. The van der Waals surface area contributed by atoms with Gasteiger partial charge in [-0.05, 0) is 31.2 Å². The maximum Gasteiger partial charge on any atom is 0.371 e. The fourth-order valence-electron chi connectivity index (χ4n) is 2.08. The molecule has 0 amide bonds.